The number of aliphatic imine (C=N–C) groups is 1. The molecule has 0 N–H and O–H groups in total. The monoisotopic (exact) mass is 519 g/mol. The van der Waals surface area contributed by atoms with Gasteiger partial charge in [0.05, 0.1) is 10.3 Å². The van der Waals surface area contributed by atoms with Crippen molar-refractivity contribution in [2.45, 2.75) is 41.6 Å². The molecule has 0 atom stereocenters. The number of ether oxygens (including phenoxy) is 1. The van der Waals surface area contributed by atoms with E-state index in [1.54, 1.807) is 47.8 Å². The van der Waals surface area contributed by atoms with Gasteiger partial charge in [0, 0.05) is 16.2 Å². The standard InChI is InChI=1S/C30H27F2NOS2/c1-20-5-4-6-26(17-20)34-29(33-25-12-7-21(2)22(3)18-25)19-30(35-27-13-8-23(31)9-14-27)36-28-15-10-24(32)11-16-28/h4-18,30H,19H2,1-3H3. The topological polar surface area (TPSA) is 21.6 Å². The van der Waals surface area contributed by atoms with Gasteiger partial charge in [-0.2, -0.15) is 0 Å². The number of benzene rings is 4. The van der Waals surface area contributed by atoms with Crippen LogP contribution in [0, 0.1) is 32.4 Å². The van der Waals surface area contributed by atoms with Gasteiger partial charge in [0.15, 0.2) is 5.90 Å². The molecule has 0 bridgehead atoms. The van der Waals surface area contributed by atoms with E-state index in [1.165, 1.54) is 29.8 Å². The average Bonchev–Trinajstić information content (AvgIpc) is 2.84. The molecule has 4 aromatic rings. The smallest absolute Gasteiger partial charge is 0.197 e. The second-order valence-corrected chi connectivity index (χ2v) is 11.3. The minimum atomic E-state index is -0.276. The Morgan fingerprint density at radius 1 is 0.750 bits per heavy atom. The molecule has 4 aromatic carbocycles. The van der Waals surface area contributed by atoms with Crippen LogP contribution in [0.25, 0.3) is 0 Å². The van der Waals surface area contributed by atoms with Crippen molar-refractivity contribution in [2.75, 3.05) is 0 Å². The predicted octanol–water partition coefficient (Wildman–Crippen LogP) is 9.30. The summed E-state index contributed by atoms with van der Waals surface area (Å²) in [5.74, 6) is 0.733. The summed E-state index contributed by atoms with van der Waals surface area (Å²) in [6.45, 7) is 6.15. The molecule has 36 heavy (non-hydrogen) atoms. The lowest BCUT2D eigenvalue weighted by Crippen LogP contribution is -2.14. The minimum Gasteiger partial charge on any atom is -0.443 e. The number of thioether (sulfide) groups is 2. The first-order valence-electron chi connectivity index (χ1n) is 11.6. The van der Waals surface area contributed by atoms with Crippen LogP contribution in [0.1, 0.15) is 23.1 Å². The van der Waals surface area contributed by atoms with Crippen LogP contribution in [0.4, 0.5) is 14.5 Å². The van der Waals surface area contributed by atoms with Crippen molar-refractivity contribution in [2.24, 2.45) is 4.99 Å². The average molecular weight is 520 g/mol. The van der Waals surface area contributed by atoms with Crippen molar-refractivity contribution in [3.8, 4) is 5.75 Å². The van der Waals surface area contributed by atoms with Gasteiger partial charge in [-0.15, -0.1) is 23.5 Å². The Labute approximate surface area is 219 Å². The van der Waals surface area contributed by atoms with Crippen molar-refractivity contribution < 1.29 is 13.5 Å². The van der Waals surface area contributed by atoms with Gasteiger partial charge in [0.1, 0.15) is 17.4 Å². The Bertz CT molecular complexity index is 1290. The fourth-order valence-electron chi connectivity index (χ4n) is 3.44. The summed E-state index contributed by atoms with van der Waals surface area (Å²) in [6.07, 6.45) is 0.491. The largest absolute Gasteiger partial charge is 0.443 e. The van der Waals surface area contributed by atoms with Gasteiger partial charge in [-0.1, -0.05) is 18.2 Å². The molecule has 0 aromatic heterocycles. The summed E-state index contributed by atoms with van der Waals surface area (Å²) in [6, 6.07) is 26.8. The number of hydrogen-bond donors (Lipinski definition) is 0. The Morgan fingerprint density at radius 3 is 1.92 bits per heavy atom. The highest BCUT2D eigenvalue weighted by molar-refractivity contribution is 8.17. The molecule has 0 unspecified atom stereocenters. The zero-order valence-electron chi connectivity index (χ0n) is 20.4. The van der Waals surface area contributed by atoms with Crippen molar-refractivity contribution >= 4 is 35.1 Å². The summed E-state index contributed by atoms with van der Waals surface area (Å²) in [5, 5.41) is 0. The van der Waals surface area contributed by atoms with Crippen LogP contribution in [-0.4, -0.2) is 10.5 Å². The van der Waals surface area contributed by atoms with Crippen LogP contribution in [0.15, 0.2) is 106 Å². The molecule has 0 heterocycles. The van der Waals surface area contributed by atoms with Gasteiger partial charge in [-0.05, 0) is 110 Å². The van der Waals surface area contributed by atoms with Crippen LogP contribution in [0.2, 0.25) is 0 Å². The lowest BCUT2D eigenvalue weighted by atomic mass is 10.1. The Morgan fingerprint density at radius 2 is 1.36 bits per heavy atom. The van der Waals surface area contributed by atoms with Gasteiger partial charge in [0.2, 0.25) is 0 Å². The van der Waals surface area contributed by atoms with E-state index in [1.807, 2.05) is 43.3 Å². The maximum atomic E-state index is 13.5. The molecular formula is C30H27F2NOS2. The fraction of sp³-hybridized carbons (Fsp3) is 0.167. The molecule has 2 nitrogen and oxygen atoms in total. The third kappa shape index (κ3) is 7.70. The third-order valence-corrected chi connectivity index (χ3v) is 8.00. The van der Waals surface area contributed by atoms with Crippen molar-refractivity contribution in [3.05, 3.63) is 119 Å². The van der Waals surface area contributed by atoms with Crippen molar-refractivity contribution in [3.63, 3.8) is 0 Å². The first-order chi connectivity index (χ1) is 17.3. The van der Waals surface area contributed by atoms with Crippen molar-refractivity contribution in [1.29, 1.82) is 0 Å². The number of rotatable bonds is 8. The number of nitrogens with zero attached hydrogens (tertiary/aromatic N) is 1. The first-order valence-corrected chi connectivity index (χ1v) is 13.3. The molecule has 0 saturated heterocycles. The first kappa shape index (κ1) is 26.0. The molecule has 0 radical (unpaired) electrons. The maximum Gasteiger partial charge on any atom is 0.197 e. The van der Waals surface area contributed by atoms with Gasteiger partial charge in [-0.25, -0.2) is 13.8 Å². The zero-order valence-corrected chi connectivity index (χ0v) is 22.0. The van der Waals surface area contributed by atoms with Crippen LogP contribution >= 0.6 is 23.5 Å². The lowest BCUT2D eigenvalue weighted by Gasteiger charge is -2.18. The van der Waals surface area contributed by atoms with E-state index in [9.17, 15) is 8.78 Å². The molecule has 6 heteroatoms. The van der Waals surface area contributed by atoms with E-state index >= 15 is 0 Å². The Kier molecular flexibility index (Phi) is 8.83. The van der Waals surface area contributed by atoms with Gasteiger partial charge in [0.25, 0.3) is 0 Å². The predicted molar refractivity (Wildman–Crippen MR) is 148 cm³/mol. The molecule has 0 saturated carbocycles. The number of hydrogen-bond acceptors (Lipinski definition) is 4. The van der Waals surface area contributed by atoms with E-state index in [-0.39, 0.29) is 16.2 Å². The molecule has 4 rings (SSSR count). The zero-order chi connectivity index (χ0) is 25.5. The Hall–Kier alpha value is -3.09. The van der Waals surface area contributed by atoms with Crippen LogP contribution in [0.3, 0.4) is 0 Å². The van der Waals surface area contributed by atoms with Crippen LogP contribution < -0.4 is 4.74 Å². The van der Waals surface area contributed by atoms with Gasteiger partial charge < -0.3 is 4.74 Å². The molecule has 184 valence electrons. The van der Waals surface area contributed by atoms with E-state index in [2.05, 4.69) is 19.9 Å². The molecule has 0 aliphatic rings. The quantitative estimate of drug-likeness (QED) is 0.100. The summed E-state index contributed by atoms with van der Waals surface area (Å²) in [4.78, 5) is 6.74. The highest BCUT2D eigenvalue weighted by atomic mass is 32.2. The van der Waals surface area contributed by atoms with E-state index < -0.39 is 0 Å². The molecule has 0 amide bonds. The maximum absolute atomic E-state index is 13.5. The van der Waals surface area contributed by atoms with Crippen molar-refractivity contribution in [1.82, 2.24) is 0 Å². The van der Waals surface area contributed by atoms with E-state index in [0.29, 0.717) is 12.3 Å². The highest BCUT2D eigenvalue weighted by Gasteiger charge is 2.18. The molecular weight excluding hydrogens is 492 g/mol. The van der Waals surface area contributed by atoms with Crippen LogP contribution in [0.5, 0.6) is 5.75 Å². The third-order valence-electron chi connectivity index (χ3n) is 5.47. The molecule has 0 fully saturated rings. The number of aryl methyl sites for hydroxylation is 3. The summed E-state index contributed by atoms with van der Waals surface area (Å²) < 4.78 is 33.3. The normalized spacial score (nSPS) is 11.7. The molecule has 0 aliphatic heterocycles. The molecule has 0 spiro atoms. The molecule has 0 aliphatic carbocycles. The number of halogens is 2. The lowest BCUT2D eigenvalue weighted by molar-refractivity contribution is 0.535. The van der Waals surface area contributed by atoms with Gasteiger partial charge >= 0.3 is 0 Å². The highest BCUT2D eigenvalue weighted by Crippen LogP contribution is 2.38. The van der Waals surface area contributed by atoms with E-state index in [4.69, 9.17) is 9.73 Å². The second kappa shape index (κ2) is 12.2. The summed E-state index contributed by atoms with van der Waals surface area (Å²) in [7, 11) is 0. The summed E-state index contributed by atoms with van der Waals surface area (Å²) in [5.41, 5.74) is 4.27. The Balaban J connectivity index is 1.66. The van der Waals surface area contributed by atoms with E-state index in [0.717, 1.165) is 32.4 Å². The van der Waals surface area contributed by atoms with Gasteiger partial charge in [-0.3, -0.25) is 0 Å². The second-order valence-electron chi connectivity index (χ2n) is 8.47. The van der Waals surface area contributed by atoms with Crippen LogP contribution in [-0.2, 0) is 0 Å². The SMILES string of the molecule is Cc1cccc(OC(CC(Sc2ccc(F)cc2)Sc2ccc(F)cc2)=Nc2ccc(C)c(C)c2)c1. The minimum absolute atomic E-state index is 0.0592. The summed E-state index contributed by atoms with van der Waals surface area (Å²) >= 11 is 3.19. The fourth-order valence-corrected chi connectivity index (χ4v) is 5.95.